The Morgan fingerprint density at radius 3 is 2.88 bits per heavy atom. The lowest BCUT2D eigenvalue weighted by molar-refractivity contribution is -0.111. The fourth-order valence-corrected chi connectivity index (χ4v) is 3.66. The summed E-state index contributed by atoms with van der Waals surface area (Å²) in [5.41, 5.74) is 2.62. The third kappa shape index (κ3) is 3.29. The smallest absolute Gasteiger partial charge is 0.250 e. The van der Waals surface area contributed by atoms with Crippen molar-refractivity contribution in [2.75, 3.05) is 5.32 Å². The number of nitrogens with zero attached hydrogens (tertiary/aromatic N) is 1. The van der Waals surface area contributed by atoms with E-state index in [1.54, 1.807) is 12.1 Å². The average Bonchev–Trinajstić information content (AvgIpc) is 3.04. The lowest BCUT2D eigenvalue weighted by Crippen LogP contribution is -2.07. The Hall–Kier alpha value is -2.63. The predicted octanol–water partition coefficient (Wildman–Crippen LogP) is 5.01. The maximum absolute atomic E-state index is 12.1. The number of thiazole rings is 1. The van der Waals surface area contributed by atoms with E-state index in [9.17, 15) is 4.79 Å². The van der Waals surface area contributed by atoms with Gasteiger partial charge in [0.15, 0.2) is 5.13 Å². The molecule has 2 aromatic carbocycles. The van der Waals surface area contributed by atoms with Crippen LogP contribution in [0.5, 0.6) is 5.75 Å². The molecule has 0 saturated carbocycles. The fourth-order valence-electron chi connectivity index (χ4n) is 2.57. The lowest BCUT2D eigenvalue weighted by Gasteiger charge is -2.15. The van der Waals surface area contributed by atoms with Gasteiger partial charge in [-0.15, -0.1) is 0 Å². The van der Waals surface area contributed by atoms with Crippen molar-refractivity contribution in [2.24, 2.45) is 0 Å². The van der Waals surface area contributed by atoms with Gasteiger partial charge in [0.2, 0.25) is 5.91 Å². The molecule has 0 spiro atoms. The van der Waals surface area contributed by atoms with E-state index in [4.69, 9.17) is 16.3 Å². The van der Waals surface area contributed by atoms with Crippen molar-refractivity contribution < 1.29 is 9.53 Å². The van der Waals surface area contributed by atoms with Crippen molar-refractivity contribution in [1.29, 1.82) is 0 Å². The van der Waals surface area contributed by atoms with Crippen molar-refractivity contribution in [2.45, 2.75) is 6.61 Å². The van der Waals surface area contributed by atoms with Crippen LogP contribution in [-0.4, -0.2) is 10.9 Å². The van der Waals surface area contributed by atoms with Gasteiger partial charge in [-0.25, -0.2) is 4.98 Å². The molecule has 0 saturated heterocycles. The molecule has 0 radical (unpaired) electrons. The van der Waals surface area contributed by atoms with E-state index < -0.39 is 0 Å². The molecule has 1 aliphatic heterocycles. The number of aromatic nitrogens is 1. The van der Waals surface area contributed by atoms with Gasteiger partial charge in [-0.1, -0.05) is 53.3 Å². The van der Waals surface area contributed by atoms with Crippen LogP contribution in [0.15, 0.2) is 54.6 Å². The second-order valence-electron chi connectivity index (χ2n) is 5.42. The zero-order chi connectivity index (χ0) is 17.2. The Labute approximate surface area is 153 Å². The molecule has 1 aromatic heterocycles. The average molecular weight is 369 g/mol. The molecule has 1 aliphatic rings. The number of nitrogens with one attached hydrogen (secondary N) is 1. The summed E-state index contributed by atoms with van der Waals surface area (Å²) in [6.45, 7) is 0.468. The summed E-state index contributed by atoms with van der Waals surface area (Å²) in [5.74, 6) is 0.567. The number of amides is 1. The summed E-state index contributed by atoms with van der Waals surface area (Å²) >= 11 is 7.50. The van der Waals surface area contributed by atoms with Crippen LogP contribution in [0.25, 0.3) is 17.3 Å². The number of halogens is 1. The van der Waals surface area contributed by atoms with Gasteiger partial charge in [0.1, 0.15) is 12.4 Å². The van der Waals surface area contributed by atoms with Crippen molar-refractivity contribution in [3.63, 3.8) is 0 Å². The van der Waals surface area contributed by atoms with Crippen LogP contribution in [0.3, 0.4) is 0 Å². The monoisotopic (exact) mass is 368 g/mol. The number of carbonyl (C=O) groups excluding carboxylic acids is 1. The summed E-state index contributed by atoms with van der Waals surface area (Å²) in [6.07, 6.45) is 3.13. The summed E-state index contributed by atoms with van der Waals surface area (Å²) in [5, 5.41) is 3.96. The molecule has 1 amide bonds. The van der Waals surface area contributed by atoms with Gasteiger partial charge in [0.05, 0.1) is 10.6 Å². The number of hydrogen-bond donors (Lipinski definition) is 1. The first-order valence-corrected chi connectivity index (χ1v) is 8.85. The van der Waals surface area contributed by atoms with Gasteiger partial charge < -0.3 is 4.74 Å². The Kier molecular flexibility index (Phi) is 4.26. The highest BCUT2D eigenvalue weighted by atomic mass is 35.5. The summed E-state index contributed by atoms with van der Waals surface area (Å²) in [7, 11) is 0. The molecule has 6 heteroatoms. The topological polar surface area (TPSA) is 51.2 Å². The second-order valence-corrected chi connectivity index (χ2v) is 6.91. The lowest BCUT2D eigenvalue weighted by atomic mass is 10.1. The van der Waals surface area contributed by atoms with Crippen molar-refractivity contribution in [3.8, 4) is 17.0 Å². The minimum absolute atomic E-state index is 0.250. The van der Waals surface area contributed by atoms with Crippen LogP contribution < -0.4 is 10.1 Å². The van der Waals surface area contributed by atoms with Crippen molar-refractivity contribution in [1.82, 2.24) is 4.98 Å². The molecule has 4 rings (SSSR count). The van der Waals surface area contributed by atoms with E-state index in [1.807, 2.05) is 42.5 Å². The number of para-hydroxylation sites is 1. The van der Waals surface area contributed by atoms with Gasteiger partial charge in [0.25, 0.3) is 0 Å². The van der Waals surface area contributed by atoms with Gasteiger partial charge in [-0.3, -0.25) is 10.1 Å². The number of carbonyl (C=O) groups is 1. The van der Waals surface area contributed by atoms with Crippen LogP contribution in [-0.2, 0) is 11.4 Å². The van der Waals surface area contributed by atoms with Gasteiger partial charge in [-0.05, 0) is 29.8 Å². The summed E-state index contributed by atoms with van der Waals surface area (Å²) in [6, 6.07) is 15.1. The molecular weight excluding hydrogens is 356 g/mol. The molecule has 0 fully saturated rings. The first kappa shape index (κ1) is 15.9. The number of ether oxygens (including phenoxy) is 1. The van der Waals surface area contributed by atoms with Crippen LogP contribution in [0, 0.1) is 0 Å². The molecule has 0 atom stereocenters. The molecule has 3 aromatic rings. The second kappa shape index (κ2) is 6.70. The molecule has 0 bridgehead atoms. The zero-order valence-corrected chi connectivity index (χ0v) is 14.6. The minimum atomic E-state index is -0.250. The largest absolute Gasteiger partial charge is 0.487 e. The van der Waals surface area contributed by atoms with E-state index in [2.05, 4.69) is 10.3 Å². The van der Waals surface area contributed by atoms with E-state index in [0.29, 0.717) is 16.8 Å². The first-order chi connectivity index (χ1) is 12.2. The summed E-state index contributed by atoms with van der Waals surface area (Å²) in [4.78, 5) is 17.7. The Morgan fingerprint density at radius 2 is 2.00 bits per heavy atom. The summed E-state index contributed by atoms with van der Waals surface area (Å²) < 4.78 is 5.72. The number of anilines is 1. The fraction of sp³-hybridized carbons (Fsp3) is 0.0526. The van der Waals surface area contributed by atoms with Gasteiger partial charge in [-0.2, -0.15) is 0 Å². The molecule has 4 nitrogen and oxygen atoms in total. The zero-order valence-electron chi connectivity index (χ0n) is 13.0. The highest BCUT2D eigenvalue weighted by Gasteiger charge is 2.22. The third-order valence-corrected chi connectivity index (χ3v) is 5.04. The Morgan fingerprint density at radius 1 is 1.20 bits per heavy atom. The highest BCUT2D eigenvalue weighted by molar-refractivity contribution is 7.16. The van der Waals surface area contributed by atoms with Gasteiger partial charge >= 0.3 is 0 Å². The van der Waals surface area contributed by atoms with E-state index in [0.717, 1.165) is 27.4 Å². The normalized spacial score (nSPS) is 12.4. The van der Waals surface area contributed by atoms with Crippen LogP contribution in [0.2, 0.25) is 5.02 Å². The molecule has 1 N–H and O–H groups in total. The Balaban J connectivity index is 1.52. The van der Waals surface area contributed by atoms with E-state index >= 15 is 0 Å². The Bertz CT molecular complexity index is 981. The number of rotatable bonds is 3. The van der Waals surface area contributed by atoms with Gasteiger partial charge in [0, 0.05) is 16.7 Å². The standard InChI is InChI=1S/C19H13ClN2O2S/c20-14-7-3-1-5-12(14)9-10-17(23)21-19-22-18-13-6-2-4-8-15(13)24-11-16(18)25-19/h1-10H,11H2,(H,21,22,23)/b10-9+. The highest BCUT2D eigenvalue weighted by Crippen LogP contribution is 2.40. The molecule has 0 unspecified atom stereocenters. The molecular formula is C19H13ClN2O2S. The van der Waals surface area contributed by atoms with Crippen LogP contribution in [0.1, 0.15) is 10.4 Å². The number of hydrogen-bond acceptors (Lipinski definition) is 4. The maximum atomic E-state index is 12.1. The predicted molar refractivity (Wildman–Crippen MR) is 101 cm³/mol. The van der Waals surface area contributed by atoms with Crippen molar-refractivity contribution in [3.05, 3.63) is 70.1 Å². The van der Waals surface area contributed by atoms with Crippen molar-refractivity contribution >= 4 is 40.1 Å². The van der Waals surface area contributed by atoms with E-state index in [-0.39, 0.29) is 5.91 Å². The molecule has 124 valence electrons. The number of fused-ring (bicyclic) bond motifs is 3. The maximum Gasteiger partial charge on any atom is 0.250 e. The van der Waals surface area contributed by atoms with Crippen LogP contribution in [0.4, 0.5) is 5.13 Å². The van der Waals surface area contributed by atoms with E-state index in [1.165, 1.54) is 17.4 Å². The first-order valence-electron chi connectivity index (χ1n) is 7.66. The number of benzene rings is 2. The molecule has 2 heterocycles. The third-order valence-electron chi connectivity index (χ3n) is 3.75. The molecule has 0 aliphatic carbocycles. The molecule has 25 heavy (non-hydrogen) atoms. The SMILES string of the molecule is O=C(/C=C/c1ccccc1Cl)Nc1nc2c(s1)COc1ccccc1-2. The van der Waals surface area contributed by atoms with Crippen LogP contribution >= 0.6 is 22.9 Å². The quantitative estimate of drug-likeness (QED) is 0.661. The minimum Gasteiger partial charge on any atom is -0.487 e.